The van der Waals surface area contributed by atoms with Gasteiger partial charge in [-0.15, -0.1) is 0 Å². The van der Waals surface area contributed by atoms with Crippen LogP contribution in [0.2, 0.25) is 0 Å². The van der Waals surface area contributed by atoms with Crippen LogP contribution in [0.4, 0.5) is 0 Å². The number of halogens is 1. The summed E-state index contributed by atoms with van der Waals surface area (Å²) in [6, 6.07) is 2.92. The van der Waals surface area contributed by atoms with Gasteiger partial charge in [0.1, 0.15) is 13.2 Å². The number of nitrogens with zero attached hydrogens (tertiary/aromatic N) is 1. The summed E-state index contributed by atoms with van der Waals surface area (Å²) < 4.78 is 11.9. The zero-order valence-electron chi connectivity index (χ0n) is 11.1. The van der Waals surface area contributed by atoms with Crippen LogP contribution < -0.4 is 5.56 Å². The molecule has 0 saturated carbocycles. The fourth-order valence-corrected chi connectivity index (χ4v) is 2.25. The summed E-state index contributed by atoms with van der Waals surface area (Å²) in [6.07, 6.45) is 0.555. The highest BCUT2D eigenvalue weighted by molar-refractivity contribution is 9.10. The smallest absolute Gasteiger partial charge is 0.348 e. The van der Waals surface area contributed by atoms with Gasteiger partial charge in [-0.2, -0.15) is 0 Å². The first-order valence-electron chi connectivity index (χ1n) is 6.02. The predicted octanol–water partition coefficient (Wildman–Crippen LogP) is 1.11. The van der Waals surface area contributed by atoms with Crippen LogP contribution in [0.25, 0.3) is 0 Å². The van der Waals surface area contributed by atoms with Crippen LogP contribution in [0.1, 0.15) is 13.8 Å². The fraction of sp³-hybridized carbons (Fsp3) is 0.462. The van der Waals surface area contributed by atoms with E-state index in [1.807, 2.05) is 0 Å². The zero-order valence-corrected chi connectivity index (χ0v) is 12.7. The first kappa shape index (κ1) is 14.8. The molecule has 2 rings (SSSR count). The van der Waals surface area contributed by atoms with Crippen molar-refractivity contribution >= 4 is 27.9 Å². The van der Waals surface area contributed by atoms with E-state index in [1.165, 1.54) is 16.8 Å². The molecule has 1 aliphatic heterocycles. The van der Waals surface area contributed by atoms with Crippen molar-refractivity contribution in [2.45, 2.75) is 26.5 Å². The molecule has 20 heavy (non-hydrogen) atoms. The Bertz CT molecular complexity index is 607. The number of carbonyl (C=O) groups excluding carboxylic acids is 2. The van der Waals surface area contributed by atoms with Gasteiger partial charge in [0.25, 0.3) is 5.56 Å². The van der Waals surface area contributed by atoms with E-state index >= 15 is 0 Å². The number of rotatable bonds is 3. The van der Waals surface area contributed by atoms with E-state index in [-0.39, 0.29) is 18.7 Å². The van der Waals surface area contributed by atoms with Gasteiger partial charge in [-0.3, -0.25) is 9.59 Å². The Morgan fingerprint density at radius 2 is 2.20 bits per heavy atom. The Hall–Kier alpha value is -1.63. The fourth-order valence-electron chi connectivity index (χ4n) is 1.87. The molecule has 1 aromatic heterocycles. The van der Waals surface area contributed by atoms with Gasteiger partial charge in [0.2, 0.25) is 6.10 Å². The lowest BCUT2D eigenvalue weighted by Crippen LogP contribution is -2.36. The first-order chi connectivity index (χ1) is 9.29. The molecular weight excluding hydrogens is 330 g/mol. The number of carbonyl (C=O) groups is 2. The molecule has 1 saturated heterocycles. The molecule has 1 aliphatic rings. The quantitative estimate of drug-likeness (QED) is 0.768. The van der Waals surface area contributed by atoms with E-state index < -0.39 is 23.5 Å². The lowest BCUT2D eigenvalue weighted by molar-refractivity contribution is -0.163. The Kier molecular flexibility index (Phi) is 3.99. The molecule has 7 heteroatoms. The minimum Gasteiger partial charge on any atom is -0.462 e. The molecular formula is C13H14BrNO5. The van der Waals surface area contributed by atoms with Crippen molar-refractivity contribution in [2.75, 3.05) is 6.61 Å². The maximum absolute atomic E-state index is 11.9. The molecule has 1 atom stereocenters. The molecule has 2 heterocycles. The first-order valence-corrected chi connectivity index (χ1v) is 6.81. The SMILES string of the molecule is CC1(C)COC(=O)[C@@H]1OC(=O)Cn1cc(Br)ccc1=O. The van der Waals surface area contributed by atoms with Gasteiger partial charge in [0, 0.05) is 22.2 Å². The predicted molar refractivity (Wildman–Crippen MR) is 73.0 cm³/mol. The highest BCUT2D eigenvalue weighted by Crippen LogP contribution is 2.31. The van der Waals surface area contributed by atoms with Crippen LogP contribution in [0.5, 0.6) is 0 Å². The normalized spacial score (nSPS) is 20.6. The van der Waals surface area contributed by atoms with Gasteiger partial charge < -0.3 is 14.0 Å². The van der Waals surface area contributed by atoms with E-state index in [9.17, 15) is 14.4 Å². The van der Waals surface area contributed by atoms with Crippen LogP contribution in [0.3, 0.4) is 0 Å². The topological polar surface area (TPSA) is 74.6 Å². The van der Waals surface area contributed by atoms with Gasteiger partial charge in [-0.1, -0.05) is 13.8 Å². The molecule has 1 aromatic rings. The second-order valence-electron chi connectivity index (χ2n) is 5.28. The van der Waals surface area contributed by atoms with Crippen LogP contribution >= 0.6 is 15.9 Å². The van der Waals surface area contributed by atoms with E-state index in [1.54, 1.807) is 19.9 Å². The number of esters is 2. The molecule has 0 spiro atoms. The number of cyclic esters (lactones) is 1. The Morgan fingerprint density at radius 3 is 2.80 bits per heavy atom. The Labute approximate surface area is 123 Å². The lowest BCUT2D eigenvalue weighted by Gasteiger charge is -2.21. The third-order valence-electron chi connectivity index (χ3n) is 3.01. The molecule has 108 valence electrons. The van der Waals surface area contributed by atoms with Crippen molar-refractivity contribution in [3.8, 4) is 0 Å². The number of hydrogen-bond donors (Lipinski definition) is 0. The van der Waals surface area contributed by atoms with Gasteiger partial charge in [-0.25, -0.2) is 4.79 Å². The average molecular weight is 344 g/mol. The van der Waals surface area contributed by atoms with Crippen molar-refractivity contribution in [1.29, 1.82) is 0 Å². The molecule has 0 radical (unpaired) electrons. The minimum atomic E-state index is -0.933. The van der Waals surface area contributed by atoms with Crippen molar-refractivity contribution in [2.24, 2.45) is 5.41 Å². The lowest BCUT2D eigenvalue weighted by atomic mass is 9.90. The largest absolute Gasteiger partial charge is 0.462 e. The Morgan fingerprint density at radius 1 is 1.50 bits per heavy atom. The number of ether oxygens (including phenoxy) is 2. The van der Waals surface area contributed by atoms with Crippen molar-refractivity contribution < 1.29 is 19.1 Å². The number of aromatic nitrogens is 1. The zero-order chi connectivity index (χ0) is 14.9. The summed E-state index contributed by atoms with van der Waals surface area (Å²) in [5.41, 5.74) is -0.881. The maximum atomic E-state index is 11.9. The van der Waals surface area contributed by atoms with Crippen LogP contribution in [-0.4, -0.2) is 29.2 Å². The summed E-state index contributed by atoms with van der Waals surface area (Å²) in [6.45, 7) is 3.51. The summed E-state index contributed by atoms with van der Waals surface area (Å²) in [5.74, 6) is -1.20. The molecule has 6 nitrogen and oxygen atoms in total. The van der Waals surface area contributed by atoms with E-state index in [2.05, 4.69) is 15.9 Å². The van der Waals surface area contributed by atoms with Gasteiger partial charge in [0.15, 0.2) is 0 Å². The third-order valence-corrected chi connectivity index (χ3v) is 3.48. The van der Waals surface area contributed by atoms with Gasteiger partial charge in [0.05, 0.1) is 0 Å². The van der Waals surface area contributed by atoms with Crippen molar-refractivity contribution in [3.05, 3.63) is 33.2 Å². The highest BCUT2D eigenvalue weighted by Gasteiger charge is 2.46. The van der Waals surface area contributed by atoms with Gasteiger partial charge >= 0.3 is 11.9 Å². The van der Waals surface area contributed by atoms with Crippen LogP contribution in [0.15, 0.2) is 27.6 Å². The van der Waals surface area contributed by atoms with E-state index in [0.29, 0.717) is 4.47 Å². The average Bonchev–Trinajstić information content (AvgIpc) is 2.61. The molecule has 0 N–H and O–H groups in total. The minimum absolute atomic E-state index is 0.209. The number of hydrogen-bond acceptors (Lipinski definition) is 5. The number of pyridine rings is 1. The Balaban J connectivity index is 2.08. The van der Waals surface area contributed by atoms with Crippen molar-refractivity contribution in [3.63, 3.8) is 0 Å². The second kappa shape index (κ2) is 5.40. The summed E-state index contributed by atoms with van der Waals surface area (Å²) in [5, 5.41) is 0. The van der Waals surface area contributed by atoms with Crippen LogP contribution in [0, 0.1) is 5.41 Å². The monoisotopic (exact) mass is 343 g/mol. The molecule has 1 fully saturated rings. The van der Waals surface area contributed by atoms with E-state index in [0.717, 1.165) is 0 Å². The van der Waals surface area contributed by atoms with Crippen molar-refractivity contribution in [1.82, 2.24) is 4.57 Å². The molecule has 0 amide bonds. The molecule has 0 bridgehead atoms. The van der Waals surface area contributed by atoms with Crippen LogP contribution in [-0.2, 0) is 25.6 Å². The summed E-state index contributed by atoms with van der Waals surface area (Å²) in [4.78, 5) is 35.0. The molecule has 0 aromatic carbocycles. The third kappa shape index (κ3) is 3.09. The molecule has 0 aliphatic carbocycles. The maximum Gasteiger partial charge on any atom is 0.348 e. The standard InChI is InChI=1S/C13H14BrNO5/c1-13(2)7-19-12(18)11(13)20-10(17)6-15-5-8(14)3-4-9(15)16/h3-5,11H,6-7H2,1-2H3/t11-/m0/s1. The highest BCUT2D eigenvalue weighted by atomic mass is 79.9. The van der Waals surface area contributed by atoms with Gasteiger partial charge in [-0.05, 0) is 22.0 Å². The van der Waals surface area contributed by atoms with E-state index in [4.69, 9.17) is 9.47 Å². The second-order valence-corrected chi connectivity index (χ2v) is 6.20. The molecule has 0 unspecified atom stereocenters. The summed E-state index contributed by atoms with van der Waals surface area (Å²) >= 11 is 3.22. The summed E-state index contributed by atoms with van der Waals surface area (Å²) in [7, 11) is 0.